The molecule has 2 bridgehead atoms. The van der Waals surface area contributed by atoms with Gasteiger partial charge in [0, 0.05) is 0 Å². The second kappa shape index (κ2) is 3.20. The van der Waals surface area contributed by atoms with E-state index in [0.29, 0.717) is 13.2 Å². The lowest BCUT2D eigenvalue weighted by molar-refractivity contribution is -0.346. The van der Waals surface area contributed by atoms with Crippen LogP contribution in [-0.2, 0) is 18.9 Å². The molecule has 13 heavy (non-hydrogen) atoms. The average molecular weight is 188 g/mol. The first-order valence-electron chi connectivity index (χ1n) is 4.69. The SMILES string of the molecule is CC(C)OC1OCC2COC1(C)O2. The van der Waals surface area contributed by atoms with Crippen molar-refractivity contribution in [2.75, 3.05) is 13.2 Å². The minimum atomic E-state index is -0.701. The maximum atomic E-state index is 5.63. The summed E-state index contributed by atoms with van der Waals surface area (Å²) in [7, 11) is 0. The molecule has 4 heteroatoms. The smallest absolute Gasteiger partial charge is 0.218 e. The van der Waals surface area contributed by atoms with Gasteiger partial charge in [0.2, 0.25) is 12.1 Å². The quantitative estimate of drug-likeness (QED) is 0.645. The summed E-state index contributed by atoms with van der Waals surface area (Å²) in [6.07, 6.45) is -0.200. The lowest BCUT2D eigenvalue weighted by Crippen LogP contribution is -2.49. The maximum absolute atomic E-state index is 5.63. The van der Waals surface area contributed by atoms with Crippen LogP contribution in [0.1, 0.15) is 20.8 Å². The number of ether oxygens (including phenoxy) is 4. The van der Waals surface area contributed by atoms with Crippen molar-refractivity contribution >= 4 is 0 Å². The number of fused-ring (bicyclic) bond motifs is 2. The first-order valence-corrected chi connectivity index (χ1v) is 4.69. The molecule has 0 saturated carbocycles. The lowest BCUT2D eigenvalue weighted by Gasteiger charge is -2.36. The zero-order valence-electron chi connectivity index (χ0n) is 8.28. The van der Waals surface area contributed by atoms with Gasteiger partial charge in [-0.25, -0.2) is 0 Å². The van der Waals surface area contributed by atoms with E-state index in [4.69, 9.17) is 18.9 Å². The highest BCUT2D eigenvalue weighted by Crippen LogP contribution is 2.34. The van der Waals surface area contributed by atoms with E-state index >= 15 is 0 Å². The van der Waals surface area contributed by atoms with Crippen molar-refractivity contribution in [3.05, 3.63) is 0 Å². The molecule has 0 radical (unpaired) electrons. The van der Waals surface area contributed by atoms with Crippen molar-refractivity contribution < 1.29 is 18.9 Å². The summed E-state index contributed by atoms with van der Waals surface area (Å²) < 4.78 is 22.2. The molecule has 2 fully saturated rings. The third-order valence-corrected chi connectivity index (χ3v) is 2.21. The molecule has 0 aromatic rings. The second-order valence-corrected chi connectivity index (χ2v) is 3.92. The van der Waals surface area contributed by atoms with Gasteiger partial charge in [0.1, 0.15) is 6.10 Å². The van der Waals surface area contributed by atoms with Crippen molar-refractivity contribution in [3.63, 3.8) is 0 Å². The highest BCUT2D eigenvalue weighted by atomic mass is 16.8. The predicted octanol–water partition coefficient (Wildman–Crippen LogP) is 0.899. The van der Waals surface area contributed by atoms with Gasteiger partial charge in [-0.3, -0.25) is 0 Å². The topological polar surface area (TPSA) is 36.9 Å². The van der Waals surface area contributed by atoms with Gasteiger partial charge in [0.15, 0.2) is 0 Å². The van der Waals surface area contributed by atoms with E-state index in [1.54, 1.807) is 0 Å². The van der Waals surface area contributed by atoms with Crippen LogP contribution in [0.4, 0.5) is 0 Å². The first-order chi connectivity index (χ1) is 6.10. The Bertz CT molecular complexity index is 194. The largest absolute Gasteiger partial charge is 0.345 e. The van der Waals surface area contributed by atoms with Crippen LogP contribution >= 0.6 is 0 Å². The molecule has 2 rings (SSSR count). The molecule has 0 aromatic carbocycles. The van der Waals surface area contributed by atoms with Gasteiger partial charge < -0.3 is 18.9 Å². The van der Waals surface area contributed by atoms with Gasteiger partial charge >= 0.3 is 0 Å². The number of hydrogen-bond donors (Lipinski definition) is 0. The fourth-order valence-electron chi connectivity index (χ4n) is 1.62. The summed E-state index contributed by atoms with van der Waals surface area (Å²) in [5, 5.41) is 0. The molecule has 2 heterocycles. The Kier molecular flexibility index (Phi) is 2.32. The second-order valence-electron chi connectivity index (χ2n) is 3.92. The molecule has 0 spiro atoms. The van der Waals surface area contributed by atoms with Gasteiger partial charge in [-0.15, -0.1) is 0 Å². The van der Waals surface area contributed by atoms with Crippen LogP contribution in [0.25, 0.3) is 0 Å². The molecule has 76 valence electrons. The van der Waals surface area contributed by atoms with Crippen LogP contribution in [0.5, 0.6) is 0 Å². The molecular weight excluding hydrogens is 172 g/mol. The number of hydrogen-bond acceptors (Lipinski definition) is 4. The fourth-order valence-corrected chi connectivity index (χ4v) is 1.62. The minimum absolute atomic E-state index is 0.0806. The predicted molar refractivity (Wildman–Crippen MR) is 45.2 cm³/mol. The monoisotopic (exact) mass is 188 g/mol. The molecular formula is C9H16O4. The Labute approximate surface area is 78.1 Å². The summed E-state index contributed by atoms with van der Waals surface area (Å²) in [6.45, 7) is 6.96. The highest BCUT2D eigenvalue weighted by molar-refractivity contribution is 4.83. The first kappa shape index (κ1) is 9.40. The summed E-state index contributed by atoms with van der Waals surface area (Å²) in [5.74, 6) is -0.701. The molecule has 4 nitrogen and oxygen atoms in total. The Balaban J connectivity index is 2.02. The zero-order chi connectivity index (χ0) is 9.47. The summed E-state index contributed by atoms with van der Waals surface area (Å²) >= 11 is 0. The fraction of sp³-hybridized carbons (Fsp3) is 1.00. The lowest BCUT2D eigenvalue weighted by atomic mass is 10.3. The summed E-state index contributed by atoms with van der Waals surface area (Å²) in [6, 6.07) is 0. The normalized spacial score (nSPS) is 44.3. The van der Waals surface area contributed by atoms with Crippen LogP contribution in [0.2, 0.25) is 0 Å². The third-order valence-electron chi connectivity index (χ3n) is 2.21. The summed E-state index contributed by atoms with van der Waals surface area (Å²) in [5.41, 5.74) is 0. The van der Waals surface area contributed by atoms with Gasteiger partial charge in [-0.2, -0.15) is 0 Å². The van der Waals surface area contributed by atoms with Gasteiger partial charge in [0.05, 0.1) is 19.3 Å². The minimum Gasteiger partial charge on any atom is -0.345 e. The zero-order valence-corrected chi connectivity index (χ0v) is 8.28. The van der Waals surface area contributed by atoms with Crippen molar-refractivity contribution in [3.8, 4) is 0 Å². The van der Waals surface area contributed by atoms with Crippen LogP contribution in [0.15, 0.2) is 0 Å². The number of rotatable bonds is 2. The molecule has 0 aliphatic carbocycles. The van der Waals surface area contributed by atoms with Crippen molar-refractivity contribution in [2.24, 2.45) is 0 Å². The van der Waals surface area contributed by atoms with E-state index in [2.05, 4.69) is 0 Å². The molecule has 0 aromatic heterocycles. The van der Waals surface area contributed by atoms with E-state index in [9.17, 15) is 0 Å². The van der Waals surface area contributed by atoms with E-state index < -0.39 is 12.1 Å². The van der Waals surface area contributed by atoms with Crippen LogP contribution in [-0.4, -0.2) is 37.5 Å². The molecule has 2 saturated heterocycles. The van der Waals surface area contributed by atoms with Crippen LogP contribution < -0.4 is 0 Å². The molecule has 0 amide bonds. The molecule has 3 unspecified atom stereocenters. The highest BCUT2D eigenvalue weighted by Gasteiger charge is 2.50. The van der Waals surface area contributed by atoms with Crippen molar-refractivity contribution in [2.45, 2.75) is 45.1 Å². The maximum Gasteiger partial charge on any atom is 0.218 e. The average Bonchev–Trinajstić information content (AvgIpc) is 2.35. The Morgan fingerprint density at radius 1 is 1.38 bits per heavy atom. The van der Waals surface area contributed by atoms with E-state index in [1.807, 2.05) is 20.8 Å². The van der Waals surface area contributed by atoms with Gasteiger partial charge in [-0.1, -0.05) is 0 Å². The van der Waals surface area contributed by atoms with E-state index in [-0.39, 0.29) is 12.2 Å². The van der Waals surface area contributed by atoms with E-state index in [0.717, 1.165) is 0 Å². The van der Waals surface area contributed by atoms with Crippen molar-refractivity contribution in [1.29, 1.82) is 0 Å². The van der Waals surface area contributed by atoms with E-state index in [1.165, 1.54) is 0 Å². The Morgan fingerprint density at radius 2 is 2.15 bits per heavy atom. The third kappa shape index (κ3) is 1.72. The molecule has 3 atom stereocenters. The molecule has 0 N–H and O–H groups in total. The standard InChI is InChI=1S/C9H16O4/c1-6(2)12-8-9(3)11-5-7(13-9)4-10-8/h6-8H,4-5H2,1-3H3. The van der Waals surface area contributed by atoms with Crippen LogP contribution in [0, 0.1) is 0 Å². The summed E-state index contributed by atoms with van der Waals surface area (Å²) in [4.78, 5) is 0. The van der Waals surface area contributed by atoms with Gasteiger partial charge in [-0.05, 0) is 20.8 Å². The van der Waals surface area contributed by atoms with Crippen molar-refractivity contribution in [1.82, 2.24) is 0 Å². The Morgan fingerprint density at radius 3 is 2.85 bits per heavy atom. The Hall–Kier alpha value is -0.160. The van der Waals surface area contributed by atoms with Crippen LogP contribution in [0.3, 0.4) is 0 Å². The van der Waals surface area contributed by atoms with Gasteiger partial charge in [0.25, 0.3) is 0 Å². The molecule has 2 aliphatic rings. The molecule has 2 aliphatic heterocycles.